The number of aliphatic hydroxyl groups is 1. The largest absolute Gasteiger partial charge is 0.389 e. The highest BCUT2D eigenvalue weighted by Crippen LogP contribution is 2.23. The van der Waals surface area contributed by atoms with E-state index in [1.807, 2.05) is 44.2 Å². The second-order valence-corrected chi connectivity index (χ2v) is 5.44. The highest BCUT2D eigenvalue weighted by atomic mass is 16.3. The standard InChI is InChI=1S/C18H24N2O/c1-3-18(21,4-2)14-20-17(15-8-6-5-7-9-15)16-10-12-19-13-11-16/h5-13,17,20-21H,3-4,14H2,1-2H3. The number of benzene rings is 1. The van der Waals surface area contributed by atoms with Gasteiger partial charge in [-0.3, -0.25) is 4.98 Å². The molecule has 0 aliphatic carbocycles. The molecule has 0 aliphatic heterocycles. The molecular formula is C18H24N2O. The van der Waals surface area contributed by atoms with Gasteiger partial charge in [-0.1, -0.05) is 44.2 Å². The van der Waals surface area contributed by atoms with E-state index in [1.165, 1.54) is 5.56 Å². The lowest BCUT2D eigenvalue weighted by atomic mass is 9.94. The summed E-state index contributed by atoms with van der Waals surface area (Å²) in [4.78, 5) is 4.09. The van der Waals surface area contributed by atoms with Crippen LogP contribution in [0.5, 0.6) is 0 Å². The molecular weight excluding hydrogens is 260 g/mol. The van der Waals surface area contributed by atoms with Crippen molar-refractivity contribution in [2.24, 2.45) is 0 Å². The van der Waals surface area contributed by atoms with E-state index in [2.05, 4.69) is 22.4 Å². The van der Waals surface area contributed by atoms with E-state index in [4.69, 9.17) is 0 Å². The number of nitrogens with one attached hydrogen (secondary N) is 1. The molecule has 3 nitrogen and oxygen atoms in total. The lowest BCUT2D eigenvalue weighted by molar-refractivity contribution is 0.0309. The van der Waals surface area contributed by atoms with Gasteiger partial charge in [0.1, 0.15) is 0 Å². The lowest BCUT2D eigenvalue weighted by Gasteiger charge is -2.29. The maximum absolute atomic E-state index is 10.5. The number of hydrogen-bond donors (Lipinski definition) is 2. The molecule has 0 amide bonds. The minimum atomic E-state index is -0.653. The Balaban J connectivity index is 2.22. The monoisotopic (exact) mass is 284 g/mol. The summed E-state index contributed by atoms with van der Waals surface area (Å²) < 4.78 is 0. The van der Waals surface area contributed by atoms with E-state index >= 15 is 0 Å². The van der Waals surface area contributed by atoms with Crippen molar-refractivity contribution in [3.8, 4) is 0 Å². The van der Waals surface area contributed by atoms with Crippen molar-refractivity contribution < 1.29 is 5.11 Å². The molecule has 0 spiro atoms. The second-order valence-electron chi connectivity index (χ2n) is 5.44. The molecule has 2 aromatic rings. The topological polar surface area (TPSA) is 45.1 Å². The van der Waals surface area contributed by atoms with E-state index in [-0.39, 0.29) is 6.04 Å². The first-order valence-corrected chi connectivity index (χ1v) is 7.59. The van der Waals surface area contributed by atoms with Crippen LogP contribution in [0.15, 0.2) is 54.9 Å². The molecule has 0 aliphatic rings. The fraction of sp³-hybridized carbons (Fsp3) is 0.389. The Morgan fingerprint density at radius 2 is 1.57 bits per heavy atom. The summed E-state index contributed by atoms with van der Waals surface area (Å²) in [5, 5.41) is 14.0. The van der Waals surface area contributed by atoms with Gasteiger partial charge in [0.25, 0.3) is 0 Å². The number of rotatable bonds is 7. The normalized spacial score (nSPS) is 13.1. The van der Waals surface area contributed by atoms with Crippen LogP contribution in [0.3, 0.4) is 0 Å². The highest BCUT2D eigenvalue weighted by Gasteiger charge is 2.24. The average Bonchev–Trinajstić information content (AvgIpc) is 2.57. The van der Waals surface area contributed by atoms with E-state index in [9.17, 15) is 5.11 Å². The summed E-state index contributed by atoms with van der Waals surface area (Å²) >= 11 is 0. The third kappa shape index (κ3) is 4.13. The van der Waals surface area contributed by atoms with Gasteiger partial charge in [0, 0.05) is 18.9 Å². The first-order valence-electron chi connectivity index (χ1n) is 7.59. The minimum absolute atomic E-state index is 0.0684. The molecule has 0 saturated heterocycles. The van der Waals surface area contributed by atoms with E-state index < -0.39 is 5.60 Å². The maximum atomic E-state index is 10.5. The smallest absolute Gasteiger partial charge is 0.0766 e. The Labute approximate surface area is 127 Å². The summed E-state index contributed by atoms with van der Waals surface area (Å²) in [5.74, 6) is 0. The number of nitrogens with zero attached hydrogens (tertiary/aromatic N) is 1. The highest BCUT2D eigenvalue weighted by molar-refractivity contribution is 5.30. The van der Waals surface area contributed by atoms with Gasteiger partial charge in [-0.25, -0.2) is 0 Å². The van der Waals surface area contributed by atoms with Gasteiger partial charge in [-0.05, 0) is 36.1 Å². The van der Waals surface area contributed by atoms with Gasteiger partial charge in [0.2, 0.25) is 0 Å². The van der Waals surface area contributed by atoms with Crippen LogP contribution in [0.25, 0.3) is 0 Å². The van der Waals surface area contributed by atoms with Crippen molar-refractivity contribution in [1.29, 1.82) is 0 Å². The molecule has 0 saturated carbocycles. The predicted octanol–water partition coefficient (Wildman–Crippen LogP) is 3.31. The Bertz CT molecular complexity index is 484. The summed E-state index contributed by atoms with van der Waals surface area (Å²) in [6.45, 7) is 4.62. The van der Waals surface area contributed by atoms with Crippen LogP contribution in [0.1, 0.15) is 43.9 Å². The van der Waals surface area contributed by atoms with Crippen LogP contribution in [0, 0.1) is 0 Å². The van der Waals surface area contributed by atoms with Gasteiger partial charge < -0.3 is 10.4 Å². The maximum Gasteiger partial charge on any atom is 0.0766 e. The zero-order chi connectivity index (χ0) is 15.1. The SMILES string of the molecule is CCC(O)(CC)CNC(c1ccccc1)c1ccncc1. The molecule has 1 heterocycles. The molecule has 1 unspecified atom stereocenters. The molecule has 21 heavy (non-hydrogen) atoms. The number of hydrogen-bond acceptors (Lipinski definition) is 3. The van der Waals surface area contributed by atoms with Crippen molar-refractivity contribution in [3.05, 3.63) is 66.0 Å². The average molecular weight is 284 g/mol. The predicted molar refractivity (Wildman–Crippen MR) is 86.1 cm³/mol. The fourth-order valence-corrected chi connectivity index (χ4v) is 2.42. The van der Waals surface area contributed by atoms with Crippen molar-refractivity contribution in [2.75, 3.05) is 6.54 Å². The molecule has 1 aromatic heterocycles. The van der Waals surface area contributed by atoms with Crippen LogP contribution in [-0.4, -0.2) is 22.2 Å². The van der Waals surface area contributed by atoms with Crippen LogP contribution < -0.4 is 5.32 Å². The van der Waals surface area contributed by atoms with Crippen LogP contribution in [0.4, 0.5) is 0 Å². The zero-order valence-electron chi connectivity index (χ0n) is 12.8. The molecule has 3 heteroatoms. The Kier molecular flexibility index (Phi) is 5.48. The van der Waals surface area contributed by atoms with Gasteiger partial charge >= 0.3 is 0 Å². The van der Waals surface area contributed by atoms with E-state index in [0.717, 1.165) is 18.4 Å². The van der Waals surface area contributed by atoms with Crippen molar-refractivity contribution in [3.63, 3.8) is 0 Å². The van der Waals surface area contributed by atoms with Crippen molar-refractivity contribution in [1.82, 2.24) is 10.3 Å². The van der Waals surface area contributed by atoms with Crippen LogP contribution >= 0.6 is 0 Å². The van der Waals surface area contributed by atoms with Crippen molar-refractivity contribution in [2.45, 2.75) is 38.3 Å². The summed E-state index contributed by atoms with van der Waals surface area (Å²) in [5.41, 5.74) is 1.70. The first kappa shape index (κ1) is 15.7. The number of pyridine rings is 1. The summed E-state index contributed by atoms with van der Waals surface area (Å²) in [7, 11) is 0. The summed E-state index contributed by atoms with van der Waals surface area (Å²) in [6, 6.07) is 14.4. The third-order valence-corrected chi connectivity index (χ3v) is 4.12. The quantitative estimate of drug-likeness (QED) is 0.820. The molecule has 2 rings (SSSR count). The Morgan fingerprint density at radius 3 is 2.14 bits per heavy atom. The molecule has 0 fully saturated rings. The Hall–Kier alpha value is -1.71. The van der Waals surface area contributed by atoms with E-state index in [0.29, 0.717) is 6.54 Å². The molecule has 0 radical (unpaired) electrons. The zero-order valence-corrected chi connectivity index (χ0v) is 12.8. The van der Waals surface area contributed by atoms with Crippen LogP contribution in [-0.2, 0) is 0 Å². The van der Waals surface area contributed by atoms with E-state index in [1.54, 1.807) is 12.4 Å². The third-order valence-electron chi connectivity index (χ3n) is 4.12. The Morgan fingerprint density at radius 1 is 1.00 bits per heavy atom. The molecule has 112 valence electrons. The van der Waals surface area contributed by atoms with Gasteiger partial charge in [-0.15, -0.1) is 0 Å². The second kappa shape index (κ2) is 7.34. The molecule has 2 N–H and O–H groups in total. The van der Waals surface area contributed by atoms with Crippen LogP contribution in [0.2, 0.25) is 0 Å². The lowest BCUT2D eigenvalue weighted by Crippen LogP contribution is -2.41. The van der Waals surface area contributed by atoms with Gasteiger partial charge in [-0.2, -0.15) is 0 Å². The first-order chi connectivity index (χ1) is 10.2. The molecule has 0 bridgehead atoms. The fourth-order valence-electron chi connectivity index (χ4n) is 2.42. The molecule has 1 aromatic carbocycles. The number of aromatic nitrogens is 1. The molecule has 1 atom stereocenters. The van der Waals surface area contributed by atoms with Gasteiger partial charge in [0.05, 0.1) is 11.6 Å². The minimum Gasteiger partial charge on any atom is -0.389 e. The summed E-state index contributed by atoms with van der Waals surface area (Å²) in [6.07, 6.45) is 5.10. The van der Waals surface area contributed by atoms with Gasteiger partial charge in [0.15, 0.2) is 0 Å². The van der Waals surface area contributed by atoms with Crippen molar-refractivity contribution >= 4 is 0 Å².